The highest BCUT2D eigenvalue weighted by Gasteiger charge is 2.17. The van der Waals surface area contributed by atoms with Gasteiger partial charge in [0, 0.05) is 6.42 Å². The summed E-state index contributed by atoms with van der Waals surface area (Å²) in [5, 5.41) is 0. The second kappa shape index (κ2) is 7.82. The lowest BCUT2D eigenvalue weighted by Crippen LogP contribution is -2.34. The van der Waals surface area contributed by atoms with E-state index in [2.05, 4.69) is 4.74 Å². The maximum atomic E-state index is 11.2. The van der Waals surface area contributed by atoms with Gasteiger partial charge in [-0.05, 0) is 24.9 Å². The van der Waals surface area contributed by atoms with Crippen LogP contribution in [0.25, 0.3) is 0 Å². The van der Waals surface area contributed by atoms with Crippen molar-refractivity contribution in [3.05, 3.63) is 0 Å². The van der Waals surface area contributed by atoms with E-state index in [1.165, 1.54) is 0 Å². The Morgan fingerprint density at radius 3 is 2.64 bits per heavy atom. The SMILES string of the molecule is CCCC(=O)OC(=O)C(N)CCSC. The fourth-order valence-electron chi connectivity index (χ4n) is 0.806. The number of esters is 2. The van der Waals surface area contributed by atoms with E-state index in [-0.39, 0.29) is 6.42 Å². The Labute approximate surface area is 88.6 Å². The highest BCUT2D eigenvalue weighted by atomic mass is 32.2. The van der Waals surface area contributed by atoms with Crippen LogP contribution in [0.4, 0.5) is 0 Å². The van der Waals surface area contributed by atoms with Crippen molar-refractivity contribution in [3.8, 4) is 0 Å². The van der Waals surface area contributed by atoms with Gasteiger partial charge in [-0.2, -0.15) is 11.8 Å². The molecule has 0 amide bonds. The van der Waals surface area contributed by atoms with Crippen molar-refractivity contribution in [1.29, 1.82) is 0 Å². The minimum absolute atomic E-state index is 0.265. The number of thioether (sulfide) groups is 1. The van der Waals surface area contributed by atoms with Gasteiger partial charge in [-0.15, -0.1) is 0 Å². The zero-order valence-electron chi connectivity index (χ0n) is 8.62. The molecule has 0 aliphatic carbocycles. The highest BCUT2D eigenvalue weighted by molar-refractivity contribution is 7.98. The Hall–Kier alpha value is -0.550. The van der Waals surface area contributed by atoms with Crippen LogP contribution in [-0.2, 0) is 14.3 Å². The van der Waals surface area contributed by atoms with Crippen LogP contribution in [0.2, 0.25) is 0 Å². The number of nitrogens with two attached hydrogens (primary N) is 1. The first-order valence-electron chi connectivity index (χ1n) is 4.60. The summed E-state index contributed by atoms with van der Waals surface area (Å²) < 4.78 is 4.54. The zero-order valence-corrected chi connectivity index (χ0v) is 9.43. The van der Waals surface area contributed by atoms with Crippen molar-refractivity contribution in [2.75, 3.05) is 12.0 Å². The molecule has 0 aromatic carbocycles. The Morgan fingerprint density at radius 1 is 1.50 bits per heavy atom. The largest absolute Gasteiger partial charge is 0.392 e. The Balaban J connectivity index is 3.76. The second-order valence-electron chi connectivity index (χ2n) is 2.93. The van der Waals surface area contributed by atoms with Gasteiger partial charge in [0.1, 0.15) is 6.04 Å². The van der Waals surface area contributed by atoms with E-state index in [9.17, 15) is 9.59 Å². The van der Waals surface area contributed by atoms with E-state index in [0.29, 0.717) is 12.8 Å². The van der Waals surface area contributed by atoms with Gasteiger partial charge in [0.2, 0.25) is 0 Å². The number of hydrogen-bond donors (Lipinski definition) is 1. The molecule has 0 bridgehead atoms. The topological polar surface area (TPSA) is 69.4 Å². The molecule has 0 aliphatic heterocycles. The summed E-state index contributed by atoms with van der Waals surface area (Å²) in [7, 11) is 0. The van der Waals surface area contributed by atoms with Crippen LogP contribution in [0.5, 0.6) is 0 Å². The fourth-order valence-corrected chi connectivity index (χ4v) is 1.30. The minimum Gasteiger partial charge on any atom is -0.392 e. The summed E-state index contributed by atoms with van der Waals surface area (Å²) in [6.07, 6.45) is 3.41. The van der Waals surface area contributed by atoms with E-state index < -0.39 is 18.0 Å². The molecule has 0 spiro atoms. The molecule has 0 fully saturated rings. The van der Waals surface area contributed by atoms with E-state index in [0.717, 1.165) is 5.75 Å². The number of carbonyl (C=O) groups excluding carboxylic acids is 2. The standard InChI is InChI=1S/C9H17NO3S/c1-3-4-8(11)13-9(12)7(10)5-6-14-2/h7H,3-6,10H2,1-2H3. The van der Waals surface area contributed by atoms with Crippen molar-refractivity contribution >= 4 is 23.7 Å². The first-order valence-corrected chi connectivity index (χ1v) is 6.00. The van der Waals surface area contributed by atoms with Gasteiger partial charge >= 0.3 is 11.9 Å². The van der Waals surface area contributed by atoms with Crippen molar-refractivity contribution in [3.63, 3.8) is 0 Å². The predicted molar refractivity (Wildman–Crippen MR) is 57.0 cm³/mol. The molecule has 4 nitrogen and oxygen atoms in total. The van der Waals surface area contributed by atoms with Crippen LogP contribution in [0.1, 0.15) is 26.2 Å². The van der Waals surface area contributed by atoms with E-state index in [1.807, 2.05) is 13.2 Å². The summed E-state index contributed by atoms with van der Waals surface area (Å²) in [4.78, 5) is 22.1. The average Bonchev–Trinajstić information content (AvgIpc) is 2.14. The summed E-state index contributed by atoms with van der Waals surface area (Å²) >= 11 is 1.60. The third-order valence-corrected chi connectivity index (χ3v) is 2.25. The monoisotopic (exact) mass is 219 g/mol. The molecule has 14 heavy (non-hydrogen) atoms. The lowest BCUT2D eigenvalue weighted by Gasteiger charge is -2.08. The first-order chi connectivity index (χ1) is 6.61. The molecule has 1 unspecified atom stereocenters. The maximum absolute atomic E-state index is 11.2. The van der Waals surface area contributed by atoms with Crippen molar-refractivity contribution in [2.45, 2.75) is 32.2 Å². The molecule has 1 atom stereocenters. The zero-order chi connectivity index (χ0) is 11.0. The van der Waals surface area contributed by atoms with Gasteiger partial charge in [0.25, 0.3) is 0 Å². The van der Waals surface area contributed by atoms with E-state index in [1.54, 1.807) is 11.8 Å². The van der Waals surface area contributed by atoms with Crippen LogP contribution < -0.4 is 5.73 Å². The molecule has 0 saturated heterocycles. The minimum atomic E-state index is -0.678. The molecular weight excluding hydrogens is 202 g/mol. The molecule has 0 radical (unpaired) electrons. The van der Waals surface area contributed by atoms with E-state index in [4.69, 9.17) is 5.73 Å². The van der Waals surface area contributed by atoms with Gasteiger partial charge in [0.15, 0.2) is 0 Å². The van der Waals surface area contributed by atoms with Gasteiger partial charge in [0.05, 0.1) is 0 Å². The molecule has 0 aromatic rings. The summed E-state index contributed by atoms with van der Waals surface area (Å²) in [5.41, 5.74) is 5.51. The molecule has 2 N–H and O–H groups in total. The van der Waals surface area contributed by atoms with Crippen LogP contribution in [-0.4, -0.2) is 30.0 Å². The lowest BCUT2D eigenvalue weighted by molar-refractivity contribution is -0.160. The third-order valence-electron chi connectivity index (χ3n) is 1.60. The summed E-state index contributed by atoms with van der Waals surface area (Å²) in [6, 6.07) is -0.678. The Morgan fingerprint density at radius 2 is 2.14 bits per heavy atom. The number of carbonyl (C=O) groups is 2. The van der Waals surface area contributed by atoms with Gasteiger partial charge in [-0.3, -0.25) is 4.79 Å². The summed E-state index contributed by atoms with van der Waals surface area (Å²) in [5.74, 6) is -0.312. The van der Waals surface area contributed by atoms with Gasteiger partial charge < -0.3 is 10.5 Å². The molecule has 0 rings (SSSR count). The predicted octanol–water partition coefficient (Wildman–Crippen LogP) is 0.937. The van der Waals surface area contributed by atoms with Crippen LogP contribution in [0, 0.1) is 0 Å². The number of hydrogen-bond acceptors (Lipinski definition) is 5. The van der Waals surface area contributed by atoms with Crippen molar-refractivity contribution in [2.24, 2.45) is 5.73 Å². The Kier molecular flexibility index (Phi) is 7.51. The lowest BCUT2D eigenvalue weighted by atomic mass is 10.2. The molecule has 0 heterocycles. The smallest absolute Gasteiger partial charge is 0.330 e. The normalized spacial score (nSPS) is 12.2. The van der Waals surface area contributed by atoms with Crippen LogP contribution in [0.3, 0.4) is 0 Å². The fraction of sp³-hybridized carbons (Fsp3) is 0.778. The molecule has 0 saturated carbocycles. The third kappa shape index (κ3) is 5.99. The highest BCUT2D eigenvalue weighted by Crippen LogP contribution is 2.01. The van der Waals surface area contributed by atoms with Crippen LogP contribution >= 0.6 is 11.8 Å². The van der Waals surface area contributed by atoms with Crippen LogP contribution in [0.15, 0.2) is 0 Å². The molecule has 5 heteroatoms. The second-order valence-corrected chi connectivity index (χ2v) is 3.92. The number of rotatable bonds is 6. The maximum Gasteiger partial charge on any atom is 0.330 e. The molecular formula is C9H17NO3S. The molecule has 82 valence electrons. The molecule has 0 aliphatic rings. The van der Waals surface area contributed by atoms with Crippen molar-refractivity contribution < 1.29 is 14.3 Å². The van der Waals surface area contributed by atoms with Gasteiger partial charge in [-0.25, -0.2) is 4.79 Å². The average molecular weight is 219 g/mol. The van der Waals surface area contributed by atoms with Gasteiger partial charge in [-0.1, -0.05) is 6.92 Å². The quantitative estimate of drug-likeness (QED) is 0.532. The van der Waals surface area contributed by atoms with E-state index >= 15 is 0 Å². The Bertz CT molecular complexity index is 196. The summed E-state index contributed by atoms with van der Waals surface area (Å²) in [6.45, 7) is 1.85. The van der Waals surface area contributed by atoms with Crippen molar-refractivity contribution in [1.82, 2.24) is 0 Å². The first kappa shape index (κ1) is 13.4. The molecule has 0 aromatic heterocycles. The number of ether oxygens (including phenoxy) is 1.